The maximum absolute atomic E-state index is 5.23. The van der Waals surface area contributed by atoms with Gasteiger partial charge in [-0.25, -0.2) is 15.0 Å². The van der Waals surface area contributed by atoms with Crippen LogP contribution in [-0.4, -0.2) is 21.5 Å². The summed E-state index contributed by atoms with van der Waals surface area (Å²) in [6, 6.07) is 0. The Morgan fingerprint density at radius 1 is 1.28 bits per heavy atom. The van der Waals surface area contributed by atoms with Gasteiger partial charge in [-0.1, -0.05) is 0 Å². The molecule has 18 heavy (non-hydrogen) atoms. The second-order valence-corrected chi connectivity index (χ2v) is 4.46. The summed E-state index contributed by atoms with van der Waals surface area (Å²) in [5.74, 6) is 2.25. The van der Waals surface area contributed by atoms with E-state index in [4.69, 9.17) is 4.42 Å². The van der Waals surface area contributed by atoms with E-state index in [2.05, 4.69) is 27.2 Å². The molecular formula is C13H16N4O. The van der Waals surface area contributed by atoms with Crippen molar-refractivity contribution < 1.29 is 4.42 Å². The minimum absolute atomic E-state index is 0.638. The molecule has 0 saturated carbocycles. The summed E-state index contributed by atoms with van der Waals surface area (Å²) < 4.78 is 5.23. The molecule has 0 unspecified atom stereocenters. The third-order valence-electron chi connectivity index (χ3n) is 3.13. The van der Waals surface area contributed by atoms with Crippen LogP contribution in [0.3, 0.4) is 0 Å². The molecule has 5 heteroatoms. The Morgan fingerprint density at radius 3 is 2.89 bits per heavy atom. The first-order valence-corrected chi connectivity index (χ1v) is 6.34. The second-order valence-electron chi connectivity index (χ2n) is 4.46. The SMILES string of the molecule is CCNc1nc(-c2coc(C)n2)nc2c1CCC2. The second kappa shape index (κ2) is 4.40. The van der Waals surface area contributed by atoms with Gasteiger partial charge in [0.15, 0.2) is 11.7 Å². The Hall–Kier alpha value is -1.91. The number of nitrogens with zero attached hydrogens (tertiary/aromatic N) is 3. The largest absolute Gasteiger partial charge is 0.449 e. The zero-order valence-corrected chi connectivity index (χ0v) is 10.7. The van der Waals surface area contributed by atoms with Gasteiger partial charge in [-0.3, -0.25) is 0 Å². The molecule has 0 atom stereocenters. The van der Waals surface area contributed by atoms with Crippen LogP contribution in [0.15, 0.2) is 10.7 Å². The number of rotatable bonds is 3. The lowest BCUT2D eigenvalue weighted by atomic mass is 10.2. The topological polar surface area (TPSA) is 63.8 Å². The van der Waals surface area contributed by atoms with E-state index in [0.717, 1.165) is 37.3 Å². The molecule has 0 amide bonds. The maximum Gasteiger partial charge on any atom is 0.191 e. The molecule has 0 fully saturated rings. The van der Waals surface area contributed by atoms with Crippen LogP contribution < -0.4 is 5.32 Å². The lowest BCUT2D eigenvalue weighted by molar-refractivity contribution is 0.521. The van der Waals surface area contributed by atoms with Crippen LogP contribution in [0.2, 0.25) is 0 Å². The van der Waals surface area contributed by atoms with E-state index in [1.54, 1.807) is 6.26 Å². The number of nitrogens with one attached hydrogen (secondary N) is 1. The lowest BCUT2D eigenvalue weighted by Crippen LogP contribution is -2.06. The molecular weight excluding hydrogens is 228 g/mol. The summed E-state index contributed by atoms with van der Waals surface area (Å²) >= 11 is 0. The van der Waals surface area contributed by atoms with Crippen molar-refractivity contribution >= 4 is 5.82 Å². The quantitative estimate of drug-likeness (QED) is 0.898. The van der Waals surface area contributed by atoms with Crippen LogP contribution in [0.1, 0.15) is 30.5 Å². The van der Waals surface area contributed by atoms with Gasteiger partial charge in [0.05, 0.1) is 0 Å². The molecule has 0 aliphatic heterocycles. The number of fused-ring (bicyclic) bond motifs is 1. The van der Waals surface area contributed by atoms with Crippen LogP contribution in [0.25, 0.3) is 11.5 Å². The van der Waals surface area contributed by atoms with E-state index >= 15 is 0 Å². The van der Waals surface area contributed by atoms with Gasteiger partial charge in [0.25, 0.3) is 0 Å². The van der Waals surface area contributed by atoms with Crippen LogP contribution >= 0.6 is 0 Å². The monoisotopic (exact) mass is 244 g/mol. The first-order chi connectivity index (χ1) is 8.78. The Morgan fingerprint density at radius 2 is 2.17 bits per heavy atom. The average molecular weight is 244 g/mol. The van der Waals surface area contributed by atoms with E-state index in [1.165, 1.54) is 5.56 Å². The Kier molecular flexibility index (Phi) is 2.74. The molecule has 2 heterocycles. The number of hydrogen-bond acceptors (Lipinski definition) is 5. The molecule has 0 bridgehead atoms. The van der Waals surface area contributed by atoms with E-state index in [9.17, 15) is 0 Å². The minimum Gasteiger partial charge on any atom is -0.449 e. The summed E-state index contributed by atoms with van der Waals surface area (Å²) in [5.41, 5.74) is 3.12. The molecule has 94 valence electrons. The highest BCUT2D eigenvalue weighted by atomic mass is 16.3. The summed E-state index contributed by atoms with van der Waals surface area (Å²) in [6.45, 7) is 4.76. The normalized spacial score (nSPS) is 13.7. The standard InChI is InChI=1S/C13H16N4O/c1-3-14-12-9-5-4-6-10(9)16-13(17-12)11-7-18-8(2)15-11/h7H,3-6H2,1-2H3,(H,14,16,17). The number of aromatic nitrogens is 3. The molecule has 1 aliphatic carbocycles. The van der Waals surface area contributed by atoms with Crippen molar-refractivity contribution in [2.24, 2.45) is 0 Å². The van der Waals surface area contributed by atoms with Gasteiger partial charge in [-0.05, 0) is 26.2 Å². The fraction of sp³-hybridized carbons (Fsp3) is 0.462. The highest BCUT2D eigenvalue weighted by Crippen LogP contribution is 2.28. The number of oxazole rings is 1. The molecule has 1 N–H and O–H groups in total. The molecule has 2 aromatic heterocycles. The summed E-state index contributed by atoms with van der Waals surface area (Å²) in [4.78, 5) is 13.5. The van der Waals surface area contributed by atoms with Crippen molar-refractivity contribution in [3.05, 3.63) is 23.4 Å². The van der Waals surface area contributed by atoms with Crippen LogP contribution in [0.5, 0.6) is 0 Å². The van der Waals surface area contributed by atoms with Crippen molar-refractivity contribution in [1.29, 1.82) is 0 Å². The number of anilines is 1. The van der Waals surface area contributed by atoms with Gasteiger partial charge in [0.1, 0.15) is 17.8 Å². The highest BCUT2D eigenvalue weighted by molar-refractivity contribution is 5.57. The zero-order valence-electron chi connectivity index (χ0n) is 10.7. The van der Waals surface area contributed by atoms with Crippen LogP contribution in [0.4, 0.5) is 5.82 Å². The Balaban J connectivity index is 2.08. The fourth-order valence-corrected chi connectivity index (χ4v) is 2.33. The van der Waals surface area contributed by atoms with Crippen molar-refractivity contribution in [1.82, 2.24) is 15.0 Å². The van der Waals surface area contributed by atoms with E-state index in [0.29, 0.717) is 17.4 Å². The predicted molar refractivity (Wildman–Crippen MR) is 68.5 cm³/mol. The minimum atomic E-state index is 0.638. The van der Waals surface area contributed by atoms with Gasteiger partial charge in [0, 0.05) is 24.7 Å². The molecule has 0 radical (unpaired) electrons. The lowest BCUT2D eigenvalue weighted by Gasteiger charge is -2.09. The first kappa shape index (κ1) is 11.2. The molecule has 0 spiro atoms. The van der Waals surface area contributed by atoms with Crippen molar-refractivity contribution in [3.63, 3.8) is 0 Å². The zero-order chi connectivity index (χ0) is 12.5. The van der Waals surface area contributed by atoms with Crippen LogP contribution in [-0.2, 0) is 12.8 Å². The molecule has 0 aromatic carbocycles. The van der Waals surface area contributed by atoms with E-state index in [1.807, 2.05) is 6.92 Å². The predicted octanol–water partition coefficient (Wildman–Crippen LogP) is 2.36. The third-order valence-corrected chi connectivity index (χ3v) is 3.13. The summed E-state index contributed by atoms with van der Waals surface area (Å²) in [6.07, 6.45) is 4.86. The van der Waals surface area contributed by atoms with Gasteiger partial charge >= 0.3 is 0 Å². The first-order valence-electron chi connectivity index (χ1n) is 6.34. The van der Waals surface area contributed by atoms with Crippen molar-refractivity contribution in [2.45, 2.75) is 33.1 Å². The third kappa shape index (κ3) is 1.85. The van der Waals surface area contributed by atoms with Gasteiger partial charge < -0.3 is 9.73 Å². The molecule has 0 saturated heterocycles. The fourth-order valence-electron chi connectivity index (χ4n) is 2.33. The summed E-state index contributed by atoms with van der Waals surface area (Å²) in [5, 5.41) is 3.32. The number of aryl methyl sites for hydroxylation is 2. The Bertz CT molecular complexity index is 576. The van der Waals surface area contributed by atoms with Crippen molar-refractivity contribution in [3.8, 4) is 11.5 Å². The molecule has 1 aliphatic rings. The summed E-state index contributed by atoms with van der Waals surface area (Å²) in [7, 11) is 0. The molecule has 5 nitrogen and oxygen atoms in total. The maximum atomic E-state index is 5.23. The van der Waals surface area contributed by atoms with Gasteiger partial charge in [0.2, 0.25) is 0 Å². The highest BCUT2D eigenvalue weighted by Gasteiger charge is 2.20. The van der Waals surface area contributed by atoms with E-state index in [-0.39, 0.29) is 0 Å². The molecule has 3 rings (SSSR count). The van der Waals surface area contributed by atoms with Gasteiger partial charge in [-0.2, -0.15) is 0 Å². The smallest absolute Gasteiger partial charge is 0.191 e. The Labute approximate surface area is 106 Å². The molecule has 2 aromatic rings. The average Bonchev–Trinajstić information content (AvgIpc) is 2.97. The van der Waals surface area contributed by atoms with Crippen molar-refractivity contribution in [2.75, 3.05) is 11.9 Å². The van der Waals surface area contributed by atoms with Crippen LogP contribution in [0, 0.1) is 6.92 Å². The van der Waals surface area contributed by atoms with E-state index < -0.39 is 0 Å². The number of hydrogen-bond donors (Lipinski definition) is 1. The van der Waals surface area contributed by atoms with Gasteiger partial charge in [-0.15, -0.1) is 0 Å².